The number of amidine groups is 1. The molecular weight excluding hydrogens is 350 g/mol. The Morgan fingerprint density at radius 1 is 1.26 bits per heavy atom. The first-order chi connectivity index (χ1) is 13.1. The number of allylic oxidation sites excluding steroid dienone is 4. The molecule has 1 aliphatic carbocycles. The third-order valence-corrected chi connectivity index (χ3v) is 4.05. The Hall–Kier alpha value is -3.68. The molecule has 140 valence electrons. The first kappa shape index (κ1) is 18.1. The average molecular weight is 369 g/mol. The Bertz CT molecular complexity index is 866. The highest BCUT2D eigenvalue weighted by molar-refractivity contribution is 5.97. The van der Waals surface area contributed by atoms with Gasteiger partial charge in [-0.25, -0.2) is 4.79 Å². The van der Waals surface area contributed by atoms with Crippen molar-refractivity contribution >= 4 is 17.5 Å². The van der Waals surface area contributed by atoms with E-state index in [9.17, 15) is 9.90 Å². The number of nitrogens with two attached hydrogens (primary N) is 1. The molecule has 0 amide bonds. The van der Waals surface area contributed by atoms with Crippen LogP contribution >= 0.6 is 0 Å². The number of hydrogen-bond donors (Lipinski definition) is 4. The average Bonchev–Trinajstić information content (AvgIpc) is 2.72. The zero-order valence-corrected chi connectivity index (χ0v) is 14.3. The van der Waals surface area contributed by atoms with E-state index in [1.54, 1.807) is 24.3 Å². The zero-order valence-electron chi connectivity index (χ0n) is 14.3. The van der Waals surface area contributed by atoms with Gasteiger partial charge in [-0.05, 0) is 42.7 Å². The zero-order chi connectivity index (χ0) is 19.2. The summed E-state index contributed by atoms with van der Waals surface area (Å²) in [5.74, 6) is -0.528. The van der Waals surface area contributed by atoms with Crippen molar-refractivity contribution in [2.24, 2.45) is 10.9 Å². The van der Waals surface area contributed by atoms with Crippen LogP contribution in [-0.2, 0) is 14.3 Å². The van der Waals surface area contributed by atoms with Crippen LogP contribution in [0.15, 0.2) is 77.3 Å². The summed E-state index contributed by atoms with van der Waals surface area (Å²) in [7, 11) is 0. The topological polar surface area (TPSA) is 126 Å². The number of anilines is 1. The SMILES string of the molecule is NC(=NO)c1ccc(NC(C(=O)O)C2=COC=C(C3=CC=CCC3)O2)cc1. The van der Waals surface area contributed by atoms with Crippen LogP contribution in [0.3, 0.4) is 0 Å². The van der Waals surface area contributed by atoms with Crippen LogP contribution in [0.2, 0.25) is 0 Å². The van der Waals surface area contributed by atoms with Crippen molar-refractivity contribution in [3.63, 3.8) is 0 Å². The van der Waals surface area contributed by atoms with Crippen LogP contribution in [0.5, 0.6) is 0 Å². The van der Waals surface area contributed by atoms with Crippen LogP contribution in [-0.4, -0.2) is 28.2 Å². The molecule has 1 aliphatic heterocycles. The predicted molar refractivity (Wildman–Crippen MR) is 98.8 cm³/mol. The number of rotatable bonds is 6. The summed E-state index contributed by atoms with van der Waals surface area (Å²) in [5.41, 5.74) is 7.49. The molecule has 1 unspecified atom stereocenters. The minimum absolute atomic E-state index is 0.0346. The highest BCUT2D eigenvalue weighted by Crippen LogP contribution is 2.28. The van der Waals surface area contributed by atoms with Gasteiger partial charge in [-0.2, -0.15) is 0 Å². The molecule has 8 nitrogen and oxygen atoms in total. The summed E-state index contributed by atoms with van der Waals surface area (Å²) in [6.07, 6.45) is 10.3. The van der Waals surface area contributed by atoms with Gasteiger partial charge in [0.1, 0.15) is 12.5 Å². The third-order valence-electron chi connectivity index (χ3n) is 4.05. The van der Waals surface area contributed by atoms with Gasteiger partial charge in [0.05, 0.1) is 0 Å². The largest absolute Gasteiger partial charge is 0.479 e. The van der Waals surface area contributed by atoms with E-state index >= 15 is 0 Å². The maximum atomic E-state index is 11.8. The molecule has 8 heteroatoms. The van der Waals surface area contributed by atoms with Gasteiger partial charge >= 0.3 is 5.97 Å². The minimum Gasteiger partial charge on any atom is -0.479 e. The Kier molecular flexibility index (Phi) is 5.46. The highest BCUT2D eigenvalue weighted by atomic mass is 16.5. The quantitative estimate of drug-likeness (QED) is 0.263. The summed E-state index contributed by atoms with van der Waals surface area (Å²) in [4.78, 5) is 11.8. The molecule has 0 bridgehead atoms. The van der Waals surface area contributed by atoms with Gasteiger partial charge in [-0.1, -0.05) is 23.4 Å². The molecule has 1 aromatic carbocycles. The highest BCUT2D eigenvalue weighted by Gasteiger charge is 2.28. The Labute approximate surface area is 155 Å². The fourth-order valence-electron chi connectivity index (χ4n) is 2.63. The van der Waals surface area contributed by atoms with Gasteiger partial charge in [0.15, 0.2) is 23.4 Å². The van der Waals surface area contributed by atoms with Crippen LogP contribution < -0.4 is 11.1 Å². The molecular formula is C19H19N3O5. The minimum atomic E-state index is -1.15. The lowest BCUT2D eigenvalue weighted by atomic mass is 10.0. The van der Waals surface area contributed by atoms with E-state index in [4.69, 9.17) is 20.4 Å². The van der Waals surface area contributed by atoms with Crippen molar-refractivity contribution in [2.45, 2.75) is 18.9 Å². The number of carboxylic acids is 1. The maximum absolute atomic E-state index is 11.8. The monoisotopic (exact) mass is 369 g/mol. The molecule has 5 N–H and O–H groups in total. The van der Waals surface area contributed by atoms with E-state index in [2.05, 4.69) is 10.5 Å². The summed E-state index contributed by atoms with van der Waals surface area (Å²) < 4.78 is 11.1. The summed E-state index contributed by atoms with van der Waals surface area (Å²) in [5, 5.41) is 24.1. The lowest BCUT2D eigenvalue weighted by Gasteiger charge is -2.24. The lowest BCUT2D eigenvalue weighted by Crippen LogP contribution is -2.33. The van der Waals surface area contributed by atoms with E-state index in [0.717, 1.165) is 18.4 Å². The summed E-state index contributed by atoms with van der Waals surface area (Å²) >= 11 is 0. The normalized spacial score (nSPS) is 17.6. The number of hydrogen-bond acceptors (Lipinski definition) is 6. The number of carbonyl (C=O) groups is 1. The van der Waals surface area contributed by atoms with Crippen molar-refractivity contribution < 1.29 is 24.6 Å². The molecule has 0 aromatic heterocycles. The van der Waals surface area contributed by atoms with E-state index in [0.29, 0.717) is 17.0 Å². The van der Waals surface area contributed by atoms with E-state index in [-0.39, 0.29) is 11.6 Å². The summed E-state index contributed by atoms with van der Waals surface area (Å²) in [6, 6.07) is 5.31. The lowest BCUT2D eigenvalue weighted by molar-refractivity contribution is -0.137. The fourth-order valence-corrected chi connectivity index (χ4v) is 2.63. The van der Waals surface area contributed by atoms with Crippen molar-refractivity contribution in [3.05, 3.63) is 77.7 Å². The van der Waals surface area contributed by atoms with Crippen molar-refractivity contribution in [3.8, 4) is 0 Å². The number of aliphatic carboxylic acids is 1. The molecule has 3 rings (SSSR count). The van der Waals surface area contributed by atoms with Crippen LogP contribution in [0, 0.1) is 0 Å². The molecule has 27 heavy (non-hydrogen) atoms. The number of ether oxygens (including phenoxy) is 2. The van der Waals surface area contributed by atoms with Gasteiger partial charge in [-0.15, -0.1) is 0 Å². The van der Waals surface area contributed by atoms with Crippen LogP contribution in [0.4, 0.5) is 5.69 Å². The van der Waals surface area contributed by atoms with Gasteiger partial charge in [0.2, 0.25) is 0 Å². The van der Waals surface area contributed by atoms with Crippen molar-refractivity contribution in [1.82, 2.24) is 0 Å². The van der Waals surface area contributed by atoms with Crippen molar-refractivity contribution in [2.75, 3.05) is 5.32 Å². The second-order valence-corrected chi connectivity index (χ2v) is 5.88. The van der Waals surface area contributed by atoms with Gasteiger partial charge < -0.3 is 30.8 Å². The molecule has 1 aromatic rings. The molecule has 0 saturated carbocycles. The smallest absolute Gasteiger partial charge is 0.334 e. The fraction of sp³-hybridized carbons (Fsp3) is 0.158. The molecule has 0 radical (unpaired) electrons. The Balaban J connectivity index is 1.74. The molecule has 2 aliphatic rings. The van der Waals surface area contributed by atoms with Crippen LogP contribution in [0.1, 0.15) is 18.4 Å². The maximum Gasteiger partial charge on any atom is 0.334 e. The number of carboxylic acid groups (broad SMARTS) is 1. The Morgan fingerprint density at radius 3 is 2.67 bits per heavy atom. The first-order valence-corrected chi connectivity index (χ1v) is 8.25. The number of benzene rings is 1. The second-order valence-electron chi connectivity index (χ2n) is 5.88. The number of nitrogens with zero attached hydrogens (tertiary/aromatic N) is 1. The molecule has 0 spiro atoms. The first-order valence-electron chi connectivity index (χ1n) is 8.25. The van der Waals surface area contributed by atoms with E-state index < -0.39 is 12.0 Å². The van der Waals surface area contributed by atoms with Gasteiger partial charge in [-0.3, -0.25) is 0 Å². The van der Waals surface area contributed by atoms with Gasteiger partial charge in [0.25, 0.3) is 0 Å². The Morgan fingerprint density at radius 2 is 2.04 bits per heavy atom. The molecule has 0 saturated heterocycles. The number of oxime groups is 1. The predicted octanol–water partition coefficient (Wildman–Crippen LogP) is 2.65. The second kappa shape index (κ2) is 8.13. The molecule has 0 fully saturated rings. The van der Waals surface area contributed by atoms with E-state index in [1.807, 2.05) is 18.2 Å². The third kappa shape index (κ3) is 4.30. The van der Waals surface area contributed by atoms with Gasteiger partial charge in [0, 0.05) is 11.3 Å². The van der Waals surface area contributed by atoms with Crippen LogP contribution in [0.25, 0.3) is 0 Å². The van der Waals surface area contributed by atoms with E-state index in [1.165, 1.54) is 12.5 Å². The number of nitrogens with one attached hydrogen (secondary N) is 1. The standard InChI is InChI=1S/C19H19N3O5/c20-18(22-25)13-6-8-14(9-7-13)21-17(19(23)24)16-11-26-10-15(27-16)12-4-2-1-3-5-12/h1-2,4,6-11,17,21,25H,3,5H2,(H2,20,22)(H,23,24). The summed E-state index contributed by atoms with van der Waals surface area (Å²) in [6.45, 7) is 0. The molecule has 1 atom stereocenters. The van der Waals surface area contributed by atoms with Crippen molar-refractivity contribution in [1.29, 1.82) is 0 Å². The molecule has 1 heterocycles.